The summed E-state index contributed by atoms with van der Waals surface area (Å²) < 4.78 is 45.2. The third-order valence-corrected chi connectivity index (χ3v) is 6.44. The maximum Gasteiger partial charge on any atom is 0.257 e. The van der Waals surface area contributed by atoms with Crippen molar-refractivity contribution >= 4 is 15.9 Å². The highest BCUT2D eigenvalue weighted by atomic mass is 32.2. The molecule has 0 spiro atoms. The Hall–Kier alpha value is -2.45. The molecule has 0 radical (unpaired) electrons. The Morgan fingerprint density at radius 3 is 2.41 bits per heavy atom. The number of para-hydroxylation sites is 1. The van der Waals surface area contributed by atoms with E-state index < -0.39 is 15.8 Å². The number of hydrogen-bond acceptors (Lipinski definition) is 4. The van der Waals surface area contributed by atoms with E-state index in [1.165, 1.54) is 23.5 Å². The van der Waals surface area contributed by atoms with Gasteiger partial charge in [0.1, 0.15) is 11.6 Å². The molecule has 0 aliphatic carbocycles. The van der Waals surface area contributed by atoms with Gasteiger partial charge >= 0.3 is 0 Å². The Morgan fingerprint density at radius 2 is 1.70 bits per heavy atom. The van der Waals surface area contributed by atoms with E-state index in [4.69, 9.17) is 4.74 Å². The van der Waals surface area contributed by atoms with Gasteiger partial charge in [-0.15, -0.1) is 0 Å². The smallest absolute Gasteiger partial charge is 0.257 e. The van der Waals surface area contributed by atoms with E-state index in [0.717, 1.165) is 12.1 Å². The van der Waals surface area contributed by atoms with Crippen LogP contribution in [-0.4, -0.2) is 56.8 Å². The monoisotopic (exact) mass is 392 g/mol. The highest BCUT2D eigenvalue weighted by Gasteiger charge is 2.29. The van der Waals surface area contributed by atoms with Crippen LogP contribution in [0.1, 0.15) is 16.8 Å². The molecular weight excluding hydrogens is 371 g/mol. The quantitative estimate of drug-likeness (QED) is 0.801. The molecule has 27 heavy (non-hydrogen) atoms. The van der Waals surface area contributed by atoms with E-state index in [1.54, 1.807) is 29.2 Å². The van der Waals surface area contributed by atoms with Gasteiger partial charge in [-0.1, -0.05) is 12.1 Å². The fraction of sp³-hybridized carbons (Fsp3) is 0.316. The predicted octanol–water partition coefficient (Wildman–Crippen LogP) is 2.37. The van der Waals surface area contributed by atoms with Gasteiger partial charge in [0, 0.05) is 26.2 Å². The molecule has 1 fully saturated rings. The van der Waals surface area contributed by atoms with Gasteiger partial charge in [-0.05, 0) is 42.8 Å². The normalized spacial score (nSPS) is 16.0. The molecule has 144 valence electrons. The first-order valence-corrected chi connectivity index (χ1v) is 10.1. The highest BCUT2D eigenvalue weighted by Crippen LogP contribution is 2.22. The maximum absolute atomic E-state index is 13.1. The van der Waals surface area contributed by atoms with Crippen molar-refractivity contribution in [3.63, 3.8) is 0 Å². The van der Waals surface area contributed by atoms with Crippen LogP contribution in [0.4, 0.5) is 4.39 Å². The van der Waals surface area contributed by atoms with Crippen LogP contribution < -0.4 is 4.74 Å². The number of nitrogens with zero attached hydrogens (tertiary/aromatic N) is 2. The number of methoxy groups -OCH3 is 1. The summed E-state index contributed by atoms with van der Waals surface area (Å²) in [5.41, 5.74) is 0.454. The van der Waals surface area contributed by atoms with E-state index in [0.29, 0.717) is 30.8 Å². The van der Waals surface area contributed by atoms with Crippen molar-refractivity contribution in [1.82, 2.24) is 9.21 Å². The second-order valence-corrected chi connectivity index (χ2v) is 8.14. The SMILES string of the molecule is COc1ccccc1C(=O)N1CCCN(S(=O)(=O)c2ccc(F)cc2)CC1. The standard InChI is InChI=1S/C19H21FN2O4S/c1-26-18-6-3-2-5-17(18)19(23)21-11-4-12-22(14-13-21)27(24,25)16-9-7-15(20)8-10-16/h2-3,5-10H,4,11-14H2,1H3. The third kappa shape index (κ3) is 4.12. The lowest BCUT2D eigenvalue weighted by Crippen LogP contribution is -2.37. The predicted molar refractivity (Wildman–Crippen MR) is 98.7 cm³/mol. The number of ether oxygens (including phenoxy) is 1. The molecule has 0 aromatic heterocycles. The van der Waals surface area contributed by atoms with E-state index >= 15 is 0 Å². The lowest BCUT2D eigenvalue weighted by molar-refractivity contribution is 0.0761. The Labute approximate surface area is 158 Å². The summed E-state index contributed by atoms with van der Waals surface area (Å²) in [5, 5.41) is 0. The molecule has 2 aromatic rings. The number of benzene rings is 2. The Balaban J connectivity index is 1.75. The molecule has 2 aromatic carbocycles. The second-order valence-electron chi connectivity index (χ2n) is 6.20. The lowest BCUT2D eigenvalue weighted by atomic mass is 10.1. The van der Waals surface area contributed by atoms with E-state index in [1.807, 2.05) is 0 Å². The van der Waals surface area contributed by atoms with Gasteiger partial charge in [0.15, 0.2) is 0 Å². The third-order valence-electron chi connectivity index (χ3n) is 4.53. The molecule has 3 rings (SSSR count). The van der Waals surface area contributed by atoms with Gasteiger partial charge in [0.25, 0.3) is 5.91 Å². The minimum Gasteiger partial charge on any atom is -0.496 e. The van der Waals surface area contributed by atoms with Crippen molar-refractivity contribution in [1.29, 1.82) is 0 Å². The van der Waals surface area contributed by atoms with Gasteiger partial charge in [0.2, 0.25) is 10.0 Å². The molecule has 0 saturated carbocycles. The molecule has 8 heteroatoms. The molecule has 1 aliphatic rings. The van der Waals surface area contributed by atoms with Gasteiger partial charge in [-0.2, -0.15) is 4.31 Å². The van der Waals surface area contributed by atoms with Crippen LogP contribution in [0.25, 0.3) is 0 Å². The van der Waals surface area contributed by atoms with Gasteiger partial charge in [0.05, 0.1) is 17.6 Å². The fourth-order valence-corrected chi connectivity index (χ4v) is 4.55. The average Bonchev–Trinajstić information content (AvgIpc) is 2.94. The second kappa shape index (κ2) is 8.06. The minimum absolute atomic E-state index is 0.0494. The molecule has 1 heterocycles. The van der Waals surface area contributed by atoms with Crippen LogP contribution in [0, 0.1) is 5.82 Å². The molecule has 0 unspecified atom stereocenters. The minimum atomic E-state index is -3.72. The van der Waals surface area contributed by atoms with Crippen molar-refractivity contribution < 1.29 is 22.3 Å². The lowest BCUT2D eigenvalue weighted by Gasteiger charge is -2.22. The van der Waals surface area contributed by atoms with E-state index in [9.17, 15) is 17.6 Å². The van der Waals surface area contributed by atoms with Crippen LogP contribution in [0.15, 0.2) is 53.4 Å². The number of carbonyl (C=O) groups excluding carboxylic acids is 1. The van der Waals surface area contributed by atoms with Crippen LogP contribution in [0.2, 0.25) is 0 Å². The zero-order chi connectivity index (χ0) is 19.4. The first-order valence-electron chi connectivity index (χ1n) is 8.61. The topological polar surface area (TPSA) is 66.9 Å². The molecule has 0 N–H and O–H groups in total. The highest BCUT2D eigenvalue weighted by molar-refractivity contribution is 7.89. The summed E-state index contributed by atoms with van der Waals surface area (Å²) in [7, 11) is -2.22. The molecule has 0 bridgehead atoms. The van der Waals surface area contributed by atoms with Gasteiger partial charge < -0.3 is 9.64 Å². The van der Waals surface area contributed by atoms with Crippen molar-refractivity contribution in [3.05, 3.63) is 59.9 Å². The van der Waals surface area contributed by atoms with Gasteiger partial charge in [-0.3, -0.25) is 4.79 Å². The molecule has 1 saturated heterocycles. The summed E-state index contributed by atoms with van der Waals surface area (Å²) in [6.07, 6.45) is 0.515. The fourth-order valence-electron chi connectivity index (χ4n) is 3.08. The first-order chi connectivity index (χ1) is 12.9. The summed E-state index contributed by atoms with van der Waals surface area (Å²) in [6.45, 7) is 1.21. The Morgan fingerprint density at radius 1 is 1.00 bits per heavy atom. The number of carbonyl (C=O) groups is 1. The summed E-state index contributed by atoms with van der Waals surface area (Å²) in [4.78, 5) is 14.5. The van der Waals surface area contributed by atoms with Crippen molar-refractivity contribution in [3.8, 4) is 5.75 Å². The average molecular weight is 392 g/mol. The zero-order valence-corrected chi connectivity index (χ0v) is 15.8. The van der Waals surface area contributed by atoms with Crippen LogP contribution >= 0.6 is 0 Å². The van der Waals surface area contributed by atoms with E-state index in [2.05, 4.69) is 0 Å². The molecule has 1 aliphatic heterocycles. The number of hydrogen-bond donors (Lipinski definition) is 0. The number of amides is 1. The largest absolute Gasteiger partial charge is 0.496 e. The zero-order valence-electron chi connectivity index (χ0n) is 15.0. The number of rotatable bonds is 4. The van der Waals surface area contributed by atoms with Crippen LogP contribution in [0.3, 0.4) is 0 Å². The van der Waals surface area contributed by atoms with Crippen molar-refractivity contribution in [2.24, 2.45) is 0 Å². The van der Waals surface area contributed by atoms with Crippen LogP contribution in [-0.2, 0) is 10.0 Å². The molecule has 0 atom stereocenters. The Kier molecular flexibility index (Phi) is 5.76. The molecule has 1 amide bonds. The number of halogens is 1. The van der Waals surface area contributed by atoms with Crippen LogP contribution in [0.5, 0.6) is 5.75 Å². The summed E-state index contributed by atoms with van der Waals surface area (Å²) >= 11 is 0. The van der Waals surface area contributed by atoms with Crippen molar-refractivity contribution in [2.45, 2.75) is 11.3 Å². The maximum atomic E-state index is 13.1. The van der Waals surface area contributed by atoms with Gasteiger partial charge in [-0.25, -0.2) is 12.8 Å². The summed E-state index contributed by atoms with van der Waals surface area (Å²) in [5.74, 6) is -0.186. The van der Waals surface area contributed by atoms with Crippen molar-refractivity contribution in [2.75, 3.05) is 33.3 Å². The summed E-state index contributed by atoms with van der Waals surface area (Å²) in [6, 6.07) is 11.7. The van der Waals surface area contributed by atoms with E-state index in [-0.39, 0.29) is 23.9 Å². The molecule has 6 nitrogen and oxygen atoms in total. The number of sulfonamides is 1. The molecular formula is C19H21FN2O4S. The first kappa shape index (κ1) is 19.3. The Bertz CT molecular complexity index is 916.